The number of carbonyl (C=O) groups is 1. The first-order valence-electron chi connectivity index (χ1n) is 4.52. The largest absolute Gasteiger partial charge is 0.455 e. The van der Waals surface area contributed by atoms with Crippen LogP contribution in [-0.4, -0.2) is 17.7 Å². The van der Waals surface area contributed by atoms with Crippen molar-refractivity contribution in [3.8, 4) is 0 Å². The van der Waals surface area contributed by atoms with Gasteiger partial charge in [-0.2, -0.15) is 0 Å². The maximum absolute atomic E-state index is 10.5. The van der Waals surface area contributed by atoms with E-state index in [9.17, 15) is 4.79 Å². The Bertz CT molecular complexity index is 271. The van der Waals surface area contributed by atoms with Crippen LogP contribution in [-0.2, 0) is 9.53 Å². The summed E-state index contributed by atoms with van der Waals surface area (Å²) in [6.45, 7) is 3.47. The third-order valence-electron chi connectivity index (χ3n) is 1.75. The van der Waals surface area contributed by atoms with Gasteiger partial charge in [0.25, 0.3) is 0 Å². The molecule has 0 aromatic rings. The molecule has 0 atom stereocenters. The van der Waals surface area contributed by atoms with Gasteiger partial charge in [0.05, 0.1) is 0 Å². The summed E-state index contributed by atoms with van der Waals surface area (Å²) in [7, 11) is 0. The van der Waals surface area contributed by atoms with Gasteiger partial charge in [-0.05, 0) is 13.3 Å². The summed E-state index contributed by atoms with van der Waals surface area (Å²) in [6.07, 6.45) is 5.27. The van der Waals surface area contributed by atoms with Crippen molar-refractivity contribution in [2.75, 3.05) is 11.7 Å². The zero-order chi connectivity index (χ0) is 10.4. The van der Waals surface area contributed by atoms with Gasteiger partial charge in [-0.1, -0.05) is 12.2 Å². The molecule has 0 spiro atoms. The Labute approximate surface area is 88.6 Å². The maximum atomic E-state index is 10.5. The Morgan fingerprint density at radius 2 is 2.43 bits per heavy atom. The first kappa shape index (κ1) is 11.2. The fraction of sp³-hybridized carbons (Fsp3) is 0.500. The van der Waals surface area contributed by atoms with Crippen molar-refractivity contribution >= 4 is 17.7 Å². The molecular weight excluding hydrogens is 198 g/mol. The molecule has 0 fully saturated rings. The van der Waals surface area contributed by atoms with Gasteiger partial charge in [0.2, 0.25) is 0 Å². The fourth-order valence-corrected chi connectivity index (χ4v) is 1.85. The van der Waals surface area contributed by atoms with Crippen LogP contribution in [0, 0.1) is 0 Å². The van der Waals surface area contributed by atoms with E-state index in [0.29, 0.717) is 5.94 Å². The summed E-state index contributed by atoms with van der Waals surface area (Å²) in [4.78, 5) is 10.5. The van der Waals surface area contributed by atoms with Crippen LogP contribution >= 0.6 is 11.8 Å². The number of carbonyl (C=O) groups excluding carboxylic acids is 1. The molecule has 78 valence electrons. The van der Waals surface area contributed by atoms with Crippen molar-refractivity contribution in [1.29, 1.82) is 0 Å². The van der Waals surface area contributed by atoms with Gasteiger partial charge in [0.1, 0.15) is 5.94 Å². The smallest absolute Gasteiger partial charge is 0.303 e. The average Bonchev–Trinajstić information content (AvgIpc) is 2.12. The Hall–Kier alpha value is -0.900. The van der Waals surface area contributed by atoms with Gasteiger partial charge in [0, 0.05) is 24.1 Å². The van der Waals surface area contributed by atoms with E-state index in [1.165, 1.54) is 18.3 Å². The zero-order valence-corrected chi connectivity index (χ0v) is 9.32. The SMILES string of the molecule is CC(=O)OCSCC1=CCC=C(C)N1. The number of allylic oxidation sites excluding steroid dienone is 3. The number of thioether (sulfide) groups is 1. The van der Waals surface area contributed by atoms with Crippen molar-refractivity contribution < 1.29 is 9.53 Å². The number of dihydropyridines is 1. The summed E-state index contributed by atoms with van der Waals surface area (Å²) >= 11 is 1.59. The Morgan fingerprint density at radius 3 is 3.07 bits per heavy atom. The molecule has 0 radical (unpaired) electrons. The van der Waals surface area contributed by atoms with E-state index in [4.69, 9.17) is 4.74 Å². The van der Waals surface area contributed by atoms with E-state index >= 15 is 0 Å². The monoisotopic (exact) mass is 213 g/mol. The number of hydrogen-bond donors (Lipinski definition) is 1. The van der Waals surface area contributed by atoms with E-state index in [1.807, 2.05) is 6.92 Å². The number of ether oxygens (including phenoxy) is 1. The lowest BCUT2D eigenvalue weighted by Gasteiger charge is -2.14. The average molecular weight is 213 g/mol. The first-order valence-corrected chi connectivity index (χ1v) is 5.68. The molecular formula is C10H15NO2S. The second-order valence-electron chi connectivity index (χ2n) is 3.08. The predicted molar refractivity (Wildman–Crippen MR) is 58.7 cm³/mol. The number of rotatable bonds is 4. The number of esters is 1. The van der Waals surface area contributed by atoms with Crippen molar-refractivity contribution in [2.24, 2.45) is 0 Å². The van der Waals surface area contributed by atoms with Crippen LogP contribution in [0.15, 0.2) is 23.5 Å². The number of nitrogens with one attached hydrogen (secondary N) is 1. The highest BCUT2D eigenvalue weighted by Crippen LogP contribution is 2.12. The van der Waals surface area contributed by atoms with Crippen molar-refractivity contribution in [3.05, 3.63) is 23.5 Å². The van der Waals surface area contributed by atoms with Crippen molar-refractivity contribution in [2.45, 2.75) is 20.3 Å². The highest BCUT2D eigenvalue weighted by Gasteiger charge is 2.02. The Kier molecular flexibility index (Phi) is 4.59. The predicted octanol–water partition coefficient (Wildman–Crippen LogP) is 2.02. The molecule has 0 aromatic heterocycles. The van der Waals surface area contributed by atoms with Crippen LogP contribution in [0.4, 0.5) is 0 Å². The van der Waals surface area contributed by atoms with Crippen LogP contribution in [0.2, 0.25) is 0 Å². The molecule has 0 saturated heterocycles. The zero-order valence-electron chi connectivity index (χ0n) is 8.50. The summed E-state index contributed by atoms with van der Waals surface area (Å²) < 4.78 is 4.81. The van der Waals surface area contributed by atoms with E-state index in [2.05, 4.69) is 17.5 Å². The molecule has 1 N–H and O–H groups in total. The highest BCUT2D eigenvalue weighted by molar-refractivity contribution is 7.99. The summed E-state index contributed by atoms with van der Waals surface area (Å²) in [5.74, 6) is 1.06. The molecule has 0 unspecified atom stereocenters. The van der Waals surface area contributed by atoms with Gasteiger partial charge < -0.3 is 10.1 Å². The lowest BCUT2D eigenvalue weighted by atomic mass is 10.2. The molecule has 0 bridgehead atoms. The topological polar surface area (TPSA) is 38.3 Å². The van der Waals surface area contributed by atoms with E-state index in [1.54, 1.807) is 11.8 Å². The van der Waals surface area contributed by atoms with Crippen LogP contribution in [0.25, 0.3) is 0 Å². The molecule has 14 heavy (non-hydrogen) atoms. The highest BCUT2D eigenvalue weighted by atomic mass is 32.2. The third kappa shape index (κ3) is 4.37. The third-order valence-corrected chi connectivity index (χ3v) is 2.55. The van der Waals surface area contributed by atoms with Crippen LogP contribution < -0.4 is 5.32 Å². The van der Waals surface area contributed by atoms with Crippen LogP contribution in [0.3, 0.4) is 0 Å². The van der Waals surface area contributed by atoms with Crippen molar-refractivity contribution in [3.63, 3.8) is 0 Å². The first-order chi connectivity index (χ1) is 6.68. The minimum absolute atomic E-state index is 0.223. The van der Waals surface area contributed by atoms with Gasteiger partial charge >= 0.3 is 5.97 Å². The molecule has 1 rings (SSSR count). The second kappa shape index (κ2) is 5.75. The quantitative estimate of drug-likeness (QED) is 0.440. The Balaban J connectivity index is 2.13. The lowest BCUT2D eigenvalue weighted by Crippen LogP contribution is -2.15. The fourth-order valence-electron chi connectivity index (χ4n) is 1.10. The standard InChI is InChI=1S/C10H15NO2S/c1-8-4-3-5-10(11-8)6-14-7-13-9(2)12/h4-5,11H,3,6-7H2,1-2H3. The van der Waals surface area contributed by atoms with Crippen LogP contribution in [0.1, 0.15) is 20.3 Å². The summed E-state index contributed by atoms with van der Waals surface area (Å²) in [5.41, 5.74) is 2.39. The van der Waals surface area contributed by atoms with Crippen molar-refractivity contribution in [1.82, 2.24) is 5.32 Å². The van der Waals surface area contributed by atoms with Gasteiger partial charge in [0.15, 0.2) is 0 Å². The molecule has 4 heteroatoms. The minimum atomic E-state index is -0.223. The minimum Gasteiger partial charge on any atom is -0.455 e. The van der Waals surface area contributed by atoms with Gasteiger partial charge in [-0.3, -0.25) is 4.79 Å². The normalized spacial score (nSPS) is 15.3. The molecule has 0 aliphatic carbocycles. The summed E-state index contributed by atoms with van der Waals surface area (Å²) in [6, 6.07) is 0. The Morgan fingerprint density at radius 1 is 1.64 bits per heavy atom. The molecule has 0 aromatic carbocycles. The molecule has 1 heterocycles. The molecule has 1 aliphatic heterocycles. The van der Waals surface area contributed by atoms with E-state index < -0.39 is 0 Å². The molecule has 0 saturated carbocycles. The molecule has 1 aliphatic rings. The summed E-state index contributed by atoms with van der Waals surface area (Å²) in [5, 5.41) is 3.27. The van der Waals surface area contributed by atoms with Gasteiger partial charge in [-0.15, -0.1) is 11.8 Å². The maximum Gasteiger partial charge on any atom is 0.303 e. The molecule has 3 nitrogen and oxygen atoms in total. The lowest BCUT2D eigenvalue weighted by molar-refractivity contribution is -0.138. The number of hydrogen-bond acceptors (Lipinski definition) is 4. The van der Waals surface area contributed by atoms with Crippen LogP contribution in [0.5, 0.6) is 0 Å². The van der Waals surface area contributed by atoms with E-state index in [0.717, 1.165) is 12.2 Å². The second-order valence-corrected chi connectivity index (χ2v) is 4.01. The van der Waals surface area contributed by atoms with Gasteiger partial charge in [-0.25, -0.2) is 0 Å². The molecule has 0 amide bonds. The van der Waals surface area contributed by atoms with E-state index in [-0.39, 0.29) is 5.97 Å².